The number of anilines is 1. The van der Waals surface area contributed by atoms with Gasteiger partial charge in [-0.3, -0.25) is 9.48 Å². The highest BCUT2D eigenvalue weighted by Gasteiger charge is 2.32. The Labute approximate surface area is 162 Å². The fraction of sp³-hybridized carbons (Fsp3) is 0.190. The van der Waals surface area contributed by atoms with E-state index in [2.05, 4.69) is 22.5 Å². The summed E-state index contributed by atoms with van der Waals surface area (Å²) in [6.07, 6.45) is 1.82. The molecule has 7 nitrogen and oxygen atoms in total. The highest BCUT2D eigenvalue weighted by Crippen LogP contribution is 2.37. The van der Waals surface area contributed by atoms with Crippen molar-refractivity contribution in [3.05, 3.63) is 59.8 Å². The fourth-order valence-corrected chi connectivity index (χ4v) is 3.65. The minimum Gasteiger partial charge on any atom is -0.466 e. The van der Waals surface area contributed by atoms with Crippen molar-refractivity contribution in [2.24, 2.45) is 7.05 Å². The van der Waals surface area contributed by atoms with Crippen LogP contribution in [0.15, 0.2) is 48.7 Å². The molecule has 1 aliphatic rings. The number of nitrogens with zero attached hydrogens (tertiary/aromatic N) is 3. The molecule has 1 aromatic heterocycles. The van der Waals surface area contributed by atoms with Gasteiger partial charge in [0.25, 0.3) is 5.91 Å². The van der Waals surface area contributed by atoms with Crippen LogP contribution in [0.2, 0.25) is 0 Å². The summed E-state index contributed by atoms with van der Waals surface area (Å²) in [5.41, 5.74) is 11.0. The summed E-state index contributed by atoms with van der Waals surface area (Å²) in [5, 5.41) is 5.33. The van der Waals surface area contributed by atoms with Crippen molar-refractivity contribution in [1.29, 1.82) is 0 Å². The number of amides is 1. The molecule has 0 aliphatic carbocycles. The number of hydrogen-bond acceptors (Lipinski definition) is 5. The van der Waals surface area contributed by atoms with Gasteiger partial charge in [-0.05, 0) is 28.8 Å². The molecule has 2 heterocycles. The Balaban J connectivity index is 1.76. The maximum absolute atomic E-state index is 12.9. The lowest BCUT2D eigenvalue weighted by Gasteiger charge is -2.16. The Morgan fingerprint density at radius 2 is 2.11 bits per heavy atom. The lowest BCUT2D eigenvalue weighted by Crippen LogP contribution is -2.28. The number of hydrogen-bond donors (Lipinski definition) is 1. The van der Waals surface area contributed by atoms with Crippen molar-refractivity contribution in [3.63, 3.8) is 0 Å². The molecule has 0 unspecified atom stereocenters. The lowest BCUT2D eigenvalue weighted by atomic mass is 9.95. The number of fused-ring (bicyclic) bond motifs is 2. The summed E-state index contributed by atoms with van der Waals surface area (Å²) in [6.45, 7) is 4.17. The van der Waals surface area contributed by atoms with E-state index in [-0.39, 0.29) is 18.0 Å². The first-order chi connectivity index (χ1) is 13.4. The summed E-state index contributed by atoms with van der Waals surface area (Å²) in [5.74, 6) is -0.736. The second-order valence-corrected chi connectivity index (χ2v) is 6.85. The van der Waals surface area contributed by atoms with Crippen molar-refractivity contribution >= 4 is 28.5 Å². The molecule has 7 heteroatoms. The molecule has 0 atom stereocenters. The third-order valence-corrected chi connectivity index (χ3v) is 5.11. The standard InChI is InChI=1S/C21H20N4O3/c1-12(21(27)28-3)10-25-11-16-15(6-7-17(22)19(16)20(25)26)13-4-5-14-9-23-24(2)18(14)8-13/h4-9H,1,10-11,22H2,2-3H3. The lowest BCUT2D eigenvalue weighted by molar-refractivity contribution is -0.136. The van der Waals surface area contributed by atoms with Gasteiger partial charge in [0, 0.05) is 30.2 Å². The maximum Gasteiger partial charge on any atom is 0.334 e. The molecule has 0 fully saturated rings. The van der Waals surface area contributed by atoms with Crippen LogP contribution in [-0.2, 0) is 23.1 Å². The molecule has 2 aromatic carbocycles. The van der Waals surface area contributed by atoms with Gasteiger partial charge in [0.1, 0.15) is 0 Å². The monoisotopic (exact) mass is 376 g/mol. The normalized spacial score (nSPS) is 13.1. The van der Waals surface area contributed by atoms with Crippen LogP contribution in [0.5, 0.6) is 0 Å². The molecule has 1 amide bonds. The number of nitrogens with two attached hydrogens (primary N) is 1. The van der Waals surface area contributed by atoms with Crippen LogP contribution in [0.4, 0.5) is 5.69 Å². The van der Waals surface area contributed by atoms with Crippen molar-refractivity contribution in [2.45, 2.75) is 6.54 Å². The Hall–Kier alpha value is -3.61. The van der Waals surface area contributed by atoms with Gasteiger partial charge in [0.05, 0.1) is 30.9 Å². The van der Waals surface area contributed by atoms with Crippen LogP contribution >= 0.6 is 0 Å². The molecular weight excluding hydrogens is 356 g/mol. The van der Waals surface area contributed by atoms with E-state index in [9.17, 15) is 9.59 Å². The largest absolute Gasteiger partial charge is 0.466 e. The van der Waals surface area contributed by atoms with Crippen LogP contribution in [-0.4, -0.2) is 40.2 Å². The van der Waals surface area contributed by atoms with Crippen LogP contribution in [0.1, 0.15) is 15.9 Å². The van der Waals surface area contributed by atoms with Gasteiger partial charge in [-0.25, -0.2) is 4.79 Å². The third-order valence-electron chi connectivity index (χ3n) is 5.11. The van der Waals surface area contributed by atoms with Gasteiger partial charge < -0.3 is 15.4 Å². The molecule has 0 saturated carbocycles. The first kappa shape index (κ1) is 17.8. The first-order valence-electron chi connectivity index (χ1n) is 8.79. The quantitative estimate of drug-likeness (QED) is 0.429. The van der Waals surface area contributed by atoms with Crippen LogP contribution in [0.25, 0.3) is 22.0 Å². The Kier molecular flexibility index (Phi) is 4.15. The molecule has 2 N–H and O–H groups in total. The second kappa shape index (κ2) is 6.53. The van der Waals surface area contributed by atoms with E-state index in [1.165, 1.54) is 7.11 Å². The molecule has 4 rings (SSSR count). The van der Waals surface area contributed by atoms with Crippen LogP contribution in [0, 0.1) is 0 Å². The minimum atomic E-state index is -0.529. The smallest absolute Gasteiger partial charge is 0.334 e. The number of carbonyl (C=O) groups is 2. The second-order valence-electron chi connectivity index (χ2n) is 6.85. The predicted molar refractivity (Wildman–Crippen MR) is 106 cm³/mol. The Morgan fingerprint density at radius 3 is 2.86 bits per heavy atom. The number of aromatic nitrogens is 2. The molecular formula is C21H20N4O3. The third kappa shape index (κ3) is 2.72. The molecule has 0 spiro atoms. The number of rotatable bonds is 4. The first-order valence-corrected chi connectivity index (χ1v) is 8.79. The molecule has 142 valence electrons. The Morgan fingerprint density at radius 1 is 1.32 bits per heavy atom. The predicted octanol–water partition coefficient (Wildman–Crippen LogP) is 2.51. The van der Waals surface area contributed by atoms with E-state index in [1.807, 2.05) is 36.1 Å². The van der Waals surface area contributed by atoms with E-state index in [0.29, 0.717) is 17.8 Å². The van der Waals surface area contributed by atoms with Crippen molar-refractivity contribution in [2.75, 3.05) is 19.4 Å². The molecule has 1 aliphatic heterocycles. The summed E-state index contributed by atoms with van der Waals surface area (Å²) in [6, 6.07) is 9.74. The number of esters is 1. The maximum atomic E-state index is 12.9. The van der Waals surface area contributed by atoms with Gasteiger partial charge in [-0.1, -0.05) is 24.8 Å². The summed E-state index contributed by atoms with van der Waals surface area (Å²) >= 11 is 0. The zero-order chi connectivity index (χ0) is 20.0. The van der Waals surface area contributed by atoms with Crippen molar-refractivity contribution in [1.82, 2.24) is 14.7 Å². The van der Waals surface area contributed by atoms with Crippen LogP contribution < -0.4 is 5.73 Å². The van der Waals surface area contributed by atoms with E-state index < -0.39 is 5.97 Å². The van der Waals surface area contributed by atoms with Gasteiger partial charge in [-0.2, -0.15) is 5.10 Å². The zero-order valence-corrected chi connectivity index (χ0v) is 15.7. The zero-order valence-electron chi connectivity index (χ0n) is 15.7. The van der Waals surface area contributed by atoms with Crippen LogP contribution in [0.3, 0.4) is 0 Å². The summed E-state index contributed by atoms with van der Waals surface area (Å²) < 4.78 is 6.50. The topological polar surface area (TPSA) is 90.5 Å². The molecule has 0 saturated heterocycles. The van der Waals surface area contributed by atoms with E-state index in [4.69, 9.17) is 5.73 Å². The van der Waals surface area contributed by atoms with Gasteiger partial charge in [0.15, 0.2) is 0 Å². The molecule has 0 bridgehead atoms. The van der Waals surface area contributed by atoms with E-state index in [1.54, 1.807) is 11.0 Å². The van der Waals surface area contributed by atoms with Gasteiger partial charge in [-0.15, -0.1) is 0 Å². The van der Waals surface area contributed by atoms with Crippen molar-refractivity contribution in [3.8, 4) is 11.1 Å². The average molecular weight is 376 g/mol. The Bertz CT molecular complexity index is 1150. The summed E-state index contributed by atoms with van der Waals surface area (Å²) in [4.78, 5) is 26.1. The minimum absolute atomic E-state index is 0.0971. The fourth-order valence-electron chi connectivity index (χ4n) is 3.65. The summed E-state index contributed by atoms with van der Waals surface area (Å²) in [7, 11) is 3.18. The van der Waals surface area contributed by atoms with Gasteiger partial charge in [0.2, 0.25) is 0 Å². The van der Waals surface area contributed by atoms with Gasteiger partial charge >= 0.3 is 5.97 Å². The van der Waals surface area contributed by atoms with E-state index in [0.717, 1.165) is 27.6 Å². The number of nitrogen functional groups attached to an aromatic ring is 1. The highest BCUT2D eigenvalue weighted by molar-refractivity contribution is 6.06. The number of ether oxygens (including phenoxy) is 1. The highest BCUT2D eigenvalue weighted by atomic mass is 16.5. The average Bonchev–Trinajstić information content (AvgIpc) is 3.22. The number of carbonyl (C=O) groups excluding carboxylic acids is 2. The van der Waals surface area contributed by atoms with E-state index >= 15 is 0 Å². The molecule has 28 heavy (non-hydrogen) atoms. The number of aryl methyl sites for hydroxylation is 1. The number of benzene rings is 2. The van der Waals surface area contributed by atoms with Crippen molar-refractivity contribution < 1.29 is 14.3 Å². The number of methoxy groups -OCH3 is 1. The molecule has 3 aromatic rings. The molecule has 0 radical (unpaired) electrons. The SMILES string of the molecule is C=C(CN1Cc2c(-c3ccc4cnn(C)c4c3)ccc(N)c2C1=O)C(=O)OC.